The van der Waals surface area contributed by atoms with Gasteiger partial charge in [0.05, 0.1) is 0 Å². The number of carbonyl (C=O) groups excluding carboxylic acids is 1. The van der Waals surface area contributed by atoms with Crippen LogP contribution < -0.4 is 0 Å². The zero-order chi connectivity index (χ0) is 14.7. The molecule has 0 aliphatic heterocycles. The van der Waals surface area contributed by atoms with E-state index in [0.717, 1.165) is 0 Å². The van der Waals surface area contributed by atoms with Gasteiger partial charge in [0.15, 0.2) is 0 Å². The lowest BCUT2D eigenvalue weighted by atomic mass is 10.1. The van der Waals surface area contributed by atoms with E-state index < -0.39 is 5.97 Å². The second kappa shape index (κ2) is 5.68. The summed E-state index contributed by atoms with van der Waals surface area (Å²) in [6.07, 6.45) is 3.43. The summed E-state index contributed by atoms with van der Waals surface area (Å²) in [5, 5.41) is 9.46. The second-order valence-corrected chi connectivity index (χ2v) is 4.54. The van der Waals surface area contributed by atoms with Gasteiger partial charge in [0.25, 0.3) is 0 Å². The molecule has 0 bridgehead atoms. The van der Waals surface area contributed by atoms with Crippen molar-refractivity contribution in [2.75, 3.05) is 6.61 Å². The molecular weight excluding hydrogens is 280 g/mol. The summed E-state index contributed by atoms with van der Waals surface area (Å²) in [5.74, 6) is -0.0647. The molecule has 0 spiro atoms. The lowest BCUT2D eigenvalue weighted by Crippen LogP contribution is -2.08. The molecule has 0 N–H and O–H groups in total. The molecular formula is C14H11ClN2O3. The molecule has 2 heterocycles. The molecule has 2 rings (SSSR count). The number of rotatable bonds is 4. The normalized spacial score (nSPS) is 10.1. The van der Waals surface area contributed by atoms with Gasteiger partial charge in [-0.1, -0.05) is 18.2 Å². The first-order valence-electron chi connectivity index (χ1n) is 5.71. The Labute approximate surface area is 120 Å². The third-order valence-electron chi connectivity index (χ3n) is 2.58. The summed E-state index contributed by atoms with van der Waals surface area (Å²) in [4.78, 5) is 12.0. The second-order valence-electron chi connectivity index (χ2n) is 4.01. The van der Waals surface area contributed by atoms with E-state index in [9.17, 15) is 10.1 Å². The number of nitriles is 1. The van der Waals surface area contributed by atoms with Crippen molar-refractivity contribution in [2.45, 2.75) is 6.92 Å². The van der Waals surface area contributed by atoms with Crippen LogP contribution in [0.2, 0.25) is 0 Å². The average Bonchev–Trinajstić information content (AvgIpc) is 3.02. The Balaban J connectivity index is 2.42. The highest BCUT2D eigenvalue weighted by atomic mass is 35.5. The van der Waals surface area contributed by atoms with Crippen molar-refractivity contribution < 1.29 is 13.9 Å². The standard InChI is InChI=1S/C14H11ClN2O3/c1-9(15)8-19-14(18)12-10(2)20-13(11(12)7-16)17-5-3-4-6-17/h3-6H,1,8H2,2H3. The SMILES string of the molecule is C=C(Cl)COC(=O)c1c(C)oc(-n2cccc2)c1C#N. The van der Waals surface area contributed by atoms with Crippen molar-refractivity contribution in [1.82, 2.24) is 4.57 Å². The minimum absolute atomic E-state index is 0.106. The molecule has 5 nitrogen and oxygen atoms in total. The number of aryl methyl sites for hydroxylation is 1. The number of hydrogen-bond acceptors (Lipinski definition) is 4. The van der Waals surface area contributed by atoms with Gasteiger partial charge in [0.1, 0.15) is 29.6 Å². The van der Waals surface area contributed by atoms with E-state index in [4.69, 9.17) is 20.8 Å². The number of furan rings is 1. The molecule has 0 atom stereocenters. The summed E-state index contributed by atoms with van der Waals surface area (Å²) in [7, 11) is 0. The first kappa shape index (κ1) is 14.0. The lowest BCUT2D eigenvalue weighted by molar-refractivity contribution is 0.0544. The lowest BCUT2D eigenvalue weighted by Gasteiger charge is -2.02. The van der Waals surface area contributed by atoms with Crippen molar-refractivity contribution >= 4 is 17.6 Å². The molecule has 0 saturated heterocycles. The Morgan fingerprint density at radius 1 is 1.55 bits per heavy atom. The minimum atomic E-state index is -0.664. The largest absolute Gasteiger partial charge is 0.456 e. The summed E-state index contributed by atoms with van der Waals surface area (Å²) in [6.45, 7) is 4.91. The maximum Gasteiger partial charge on any atom is 0.343 e. The molecule has 6 heteroatoms. The fraction of sp³-hybridized carbons (Fsp3) is 0.143. The molecule has 2 aromatic heterocycles. The van der Waals surface area contributed by atoms with E-state index in [1.807, 2.05) is 6.07 Å². The third kappa shape index (κ3) is 2.60. The summed E-state index contributed by atoms with van der Waals surface area (Å²) in [5.41, 5.74) is 0.234. The van der Waals surface area contributed by atoms with Crippen molar-refractivity contribution in [3.8, 4) is 12.0 Å². The quantitative estimate of drug-likeness (QED) is 0.811. The van der Waals surface area contributed by atoms with Gasteiger partial charge in [0.2, 0.25) is 5.88 Å². The van der Waals surface area contributed by atoms with Crippen LogP contribution in [0.1, 0.15) is 21.7 Å². The van der Waals surface area contributed by atoms with Gasteiger partial charge in [-0.2, -0.15) is 5.26 Å². The zero-order valence-corrected chi connectivity index (χ0v) is 11.5. The van der Waals surface area contributed by atoms with Crippen LogP contribution in [0, 0.1) is 18.3 Å². The van der Waals surface area contributed by atoms with Crippen LogP contribution in [0.15, 0.2) is 40.6 Å². The van der Waals surface area contributed by atoms with Gasteiger partial charge in [-0.15, -0.1) is 0 Å². The van der Waals surface area contributed by atoms with E-state index in [-0.39, 0.29) is 28.7 Å². The summed E-state index contributed by atoms with van der Waals surface area (Å²) in [6, 6.07) is 5.54. The Hall–Kier alpha value is -2.45. The summed E-state index contributed by atoms with van der Waals surface area (Å²) >= 11 is 5.54. The Kier molecular flexibility index (Phi) is 3.97. The van der Waals surface area contributed by atoms with Crippen LogP contribution in [0.5, 0.6) is 0 Å². The number of ether oxygens (including phenoxy) is 1. The van der Waals surface area contributed by atoms with Crippen molar-refractivity contribution in [3.63, 3.8) is 0 Å². The first-order valence-corrected chi connectivity index (χ1v) is 6.09. The monoisotopic (exact) mass is 290 g/mol. The van der Waals surface area contributed by atoms with Crippen LogP contribution in [-0.4, -0.2) is 17.1 Å². The molecule has 0 amide bonds. The van der Waals surface area contributed by atoms with Crippen LogP contribution in [0.3, 0.4) is 0 Å². The van der Waals surface area contributed by atoms with Gasteiger partial charge < -0.3 is 9.15 Å². The van der Waals surface area contributed by atoms with Gasteiger partial charge >= 0.3 is 5.97 Å². The van der Waals surface area contributed by atoms with Gasteiger partial charge in [-0.3, -0.25) is 4.57 Å². The highest BCUT2D eigenvalue weighted by Gasteiger charge is 2.25. The topological polar surface area (TPSA) is 68.2 Å². The van der Waals surface area contributed by atoms with Crippen LogP contribution >= 0.6 is 11.6 Å². The molecule has 0 saturated carbocycles. The Morgan fingerprint density at radius 3 is 2.75 bits per heavy atom. The fourth-order valence-electron chi connectivity index (χ4n) is 1.75. The predicted octanol–water partition coefficient (Wildman–Crippen LogP) is 3.16. The molecule has 0 aliphatic carbocycles. The third-order valence-corrected chi connectivity index (χ3v) is 2.69. The molecule has 2 aromatic rings. The van der Waals surface area contributed by atoms with Gasteiger partial charge in [-0.05, 0) is 19.1 Å². The molecule has 0 aromatic carbocycles. The number of hydrogen-bond donors (Lipinski definition) is 0. The van der Waals surface area contributed by atoms with Crippen molar-refractivity contribution in [2.24, 2.45) is 0 Å². The van der Waals surface area contributed by atoms with Gasteiger partial charge in [0, 0.05) is 17.4 Å². The molecule has 0 fully saturated rings. The Bertz CT molecular complexity index is 693. The van der Waals surface area contributed by atoms with Crippen LogP contribution in [0.25, 0.3) is 5.88 Å². The van der Waals surface area contributed by atoms with Crippen LogP contribution in [0.4, 0.5) is 0 Å². The number of halogens is 1. The maximum atomic E-state index is 12.0. The number of nitrogens with zero attached hydrogens (tertiary/aromatic N) is 2. The molecule has 0 aliphatic rings. The first-order chi connectivity index (χ1) is 9.54. The van der Waals surface area contributed by atoms with Crippen LogP contribution in [-0.2, 0) is 4.74 Å². The predicted molar refractivity (Wildman–Crippen MR) is 72.8 cm³/mol. The zero-order valence-electron chi connectivity index (χ0n) is 10.7. The summed E-state index contributed by atoms with van der Waals surface area (Å²) < 4.78 is 12.1. The number of carbonyl (C=O) groups is 1. The highest BCUT2D eigenvalue weighted by molar-refractivity contribution is 6.29. The molecule has 20 heavy (non-hydrogen) atoms. The van der Waals surface area contributed by atoms with E-state index in [2.05, 4.69) is 6.58 Å². The maximum absolute atomic E-state index is 12.0. The molecule has 0 unspecified atom stereocenters. The Morgan fingerprint density at radius 2 is 2.20 bits per heavy atom. The van der Waals surface area contributed by atoms with Crippen molar-refractivity contribution in [1.29, 1.82) is 5.26 Å². The minimum Gasteiger partial charge on any atom is -0.456 e. The average molecular weight is 291 g/mol. The van der Waals surface area contributed by atoms with E-state index in [1.165, 1.54) is 0 Å². The van der Waals surface area contributed by atoms with Crippen molar-refractivity contribution in [3.05, 3.63) is 53.0 Å². The molecule has 102 valence electrons. The number of aromatic nitrogens is 1. The van der Waals surface area contributed by atoms with Gasteiger partial charge in [-0.25, -0.2) is 4.79 Å². The van der Waals surface area contributed by atoms with E-state index >= 15 is 0 Å². The number of esters is 1. The highest BCUT2D eigenvalue weighted by Crippen LogP contribution is 2.26. The smallest absolute Gasteiger partial charge is 0.343 e. The van der Waals surface area contributed by atoms with E-state index in [0.29, 0.717) is 5.76 Å². The molecule has 0 radical (unpaired) electrons. The van der Waals surface area contributed by atoms with E-state index in [1.54, 1.807) is 36.0 Å². The fourth-order valence-corrected chi connectivity index (χ4v) is 1.80.